The van der Waals surface area contributed by atoms with Crippen molar-refractivity contribution < 1.29 is 15.4 Å². The van der Waals surface area contributed by atoms with Crippen LogP contribution in [-0.4, -0.2) is 53.2 Å². The van der Waals surface area contributed by atoms with Crippen LogP contribution in [0.15, 0.2) is 34.4 Å². The molecule has 0 aromatic carbocycles. The summed E-state index contributed by atoms with van der Waals surface area (Å²) in [5.41, 5.74) is 2.11. The Morgan fingerprint density at radius 3 is 2.53 bits per heavy atom. The molecule has 0 saturated carbocycles. The molecule has 2 unspecified atom stereocenters. The van der Waals surface area contributed by atoms with Crippen molar-refractivity contribution in [1.29, 1.82) is 0 Å². The Morgan fingerprint density at radius 2 is 1.93 bits per heavy atom. The van der Waals surface area contributed by atoms with Crippen LogP contribution in [0.5, 0.6) is 0 Å². The molecule has 5 nitrogen and oxygen atoms in total. The minimum atomic E-state index is -0.395. The van der Waals surface area contributed by atoms with Crippen LogP contribution < -0.4 is 5.32 Å². The fourth-order valence-electron chi connectivity index (χ4n) is 4.93. The molecule has 0 aromatic heterocycles. The van der Waals surface area contributed by atoms with Crippen LogP contribution >= 0.6 is 11.6 Å². The van der Waals surface area contributed by atoms with Gasteiger partial charge in [0.1, 0.15) is 0 Å². The number of hydrogen-bond donors (Lipinski definition) is 2. The predicted octanol–water partition coefficient (Wildman–Crippen LogP) is 3.57. The maximum atomic E-state index is 13.2. The van der Waals surface area contributed by atoms with Gasteiger partial charge in [0, 0.05) is 24.7 Å². The van der Waals surface area contributed by atoms with Gasteiger partial charge in [0.15, 0.2) is 0 Å². The molecule has 0 radical (unpaired) electrons. The first kappa shape index (κ1) is 25.1. The number of amides is 1. The lowest BCUT2D eigenvalue weighted by Crippen LogP contribution is -2.52. The Bertz CT molecular complexity index is 678. The van der Waals surface area contributed by atoms with E-state index in [0.717, 1.165) is 60.9 Å². The van der Waals surface area contributed by atoms with Gasteiger partial charge in [0.05, 0.1) is 12.1 Å². The number of piperidine rings is 1. The van der Waals surface area contributed by atoms with Crippen molar-refractivity contribution in [1.82, 2.24) is 10.2 Å². The number of nitrogens with zero attached hydrogens (tertiary/aromatic N) is 1. The number of hydrogen-bond acceptors (Lipinski definition) is 3. The highest BCUT2D eigenvalue weighted by atomic mass is 35.5. The van der Waals surface area contributed by atoms with Crippen LogP contribution in [0.2, 0.25) is 0 Å². The van der Waals surface area contributed by atoms with Gasteiger partial charge in [-0.1, -0.05) is 43.7 Å². The molecule has 1 saturated heterocycles. The monoisotopic (exact) mass is 438 g/mol. The number of likely N-dealkylation sites (tertiary alicyclic amines) is 1. The molecule has 1 aliphatic heterocycles. The highest BCUT2D eigenvalue weighted by Gasteiger charge is 2.33. The Balaban J connectivity index is 0.00000320. The third kappa shape index (κ3) is 6.19. The van der Waals surface area contributed by atoms with Crippen molar-refractivity contribution in [3.63, 3.8) is 0 Å². The summed E-state index contributed by atoms with van der Waals surface area (Å²) in [5, 5.41) is 14.6. The molecule has 2 aliphatic carbocycles. The number of aliphatic hydroxyl groups excluding tert-OH is 1. The summed E-state index contributed by atoms with van der Waals surface area (Å²) < 4.78 is 0. The van der Waals surface area contributed by atoms with Gasteiger partial charge >= 0.3 is 0 Å². The second-order valence-electron chi connectivity index (χ2n) is 9.31. The van der Waals surface area contributed by atoms with E-state index in [1.807, 2.05) is 13.0 Å². The zero-order valence-corrected chi connectivity index (χ0v) is 19.4. The van der Waals surface area contributed by atoms with Gasteiger partial charge in [-0.15, -0.1) is 0 Å². The van der Waals surface area contributed by atoms with E-state index in [0.29, 0.717) is 18.9 Å². The summed E-state index contributed by atoms with van der Waals surface area (Å²) in [4.78, 5) is 15.3. The van der Waals surface area contributed by atoms with Gasteiger partial charge in [-0.2, -0.15) is 0 Å². The van der Waals surface area contributed by atoms with E-state index in [4.69, 9.17) is 11.6 Å². The highest BCUT2D eigenvalue weighted by molar-refractivity contribution is 6.29. The summed E-state index contributed by atoms with van der Waals surface area (Å²) in [7, 11) is 0. The summed E-state index contributed by atoms with van der Waals surface area (Å²) in [6.45, 7) is 8.54. The third-order valence-corrected chi connectivity index (χ3v) is 7.39. The fourth-order valence-corrected chi connectivity index (χ4v) is 5.12. The van der Waals surface area contributed by atoms with Gasteiger partial charge in [0.25, 0.3) is 0 Å². The Hall–Kier alpha value is -1.14. The molecule has 0 spiro atoms. The molecule has 1 amide bonds. The second-order valence-corrected chi connectivity index (χ2v) is 9.80. The summed E-state index contributed by atoms with van der Waals surface area (Å²) in [6, 6.07) is -0.185. The van der Waals surface area contributed by atoms with Crippen LogP contribution in [0.3, 0.4) is 0 Å². The zero-order chi connectivity index (χ0) is 21.0. The predicted molar refractivity (Wildman–Crippen MR) is 123 cm³/mol. The molecular formula is C24H39ClN2O3. The second kappa shape index (κ2) is 11.5. The first-order valence-electron chi connectivity index (χ1n) is 11.3. The molecule has 1 fully saturated rings. The minimum Gasteiger partial charge on any atom is -0.412 e. The van der Waals surface area contributed by atoms with Crippen LogP contribution in [0.1, 0.15) is 59.3 Å². The van der Waals surface area contributed by atoms with Crippen molar-refractivity contribution >= 4 is 17.5 Å². The van der Waals surface area contributed by atoms with E-state index >= 15 is 0 Å². The Morgan fingerprint density at radius 1 is 1.23 bits per heavy atom. The first-order chi connectivity index (χ1) is 13.9. The zero-order valence-electron chi connectivity index (χ0n) is 18.7. The standard InChI is InChI=1S/C24H37ClN2O2.H2O/c1-16(2)23(26-15-20-5-4-6-22(28)17(20)3)24(29)27-13-11-19(12-14-27)18-7-9-21(25)10-8-18;/h4-5,9,16,18-19,22-23,26,28H,6-8,10-15H2,1-3H3;1H2/t18?,22?,23-;/m1./s1. The molecule has 3 rings (SSSR count). The number of carbonyl (C=O) groups excluding carboxylic acids is 1. The van der Waals surface area contributed by atoms with Crippen molar-refractivity contribution in [2.75, 3.05) is 19.6 Å². The van der Waals surface area contributed by atoms with Crippen molar-refractivity contribution in [2.24, 2.45) is 17.8 Å². The average molecular weight is 439 g/mol. The summed E-state index contributed by atoms with van der Waals surface area (Å²) >= 11 is 6.13. The SMILES string of the molecule is CC1=C(CN[C@@H](C(=O)N2CCC(C3CC=C(Cl)CC3)CC2)C(C)C)C=CCC1O.O. The summed E-state index contributed by atoms with van der Waals surface area (Å²) in [5.74, 6) is 1.90. The first-order valence-corrected chi connectivity index (χ1v) is 11.7. The van der Waals surface area contributed by atoms with Gasteiger partial charge in [0.2, 0.25) is 5.91 Å². The average Bonchev–Trinajstić information content (AvgIpc) is 2.71. The van der Waals surface area contributed by atoms with Crippen LogP contribution in [0.25, 0.3) is 0 Å². The van der Waals surface area contributed by atoms with Crippen molar-refractivity contribution in [2.45, 2.75) is 71.4 Å². The maximum absolute atomic E-state index is 13.2. The fraction of sp³-hybridized carbons (Fsp3) is 0.708. The van der Waals surface area contributed by atoms with Crippen LogP contribution in [0.4, 0.5) is 0 Å². The maximum Gasteiger partial charge on any atom is 0.239 e. The molecule has 6 heteroatoms. The number of rotatable bonds is 6. The molecular weight excluding hydrogens is 400 g/mol. The van der Waals surface area contributed by atoms with E-state index in [1.54, 1.807) is 0 Å². The number of carbonyl (C=O) groups is 1. The molecule has 170 valence electrons. The molecule has 3 aliphatic rings. The van der Waals surface area contributed by atoms with E-state index in [2.05, 4.69) is 36.2 Å². The van der Waals surface area contributed by atoms with Crippen LogP contribution in [-0.2, 0) is 4.79 Å². The topological polar surface area (TPSA) is 84.1 Å². The molecule has 30 heavy (non-hydrogen) atoms. The van der Waals surface area contributed by atoms with Crippen molar-refractivity contribution in [3.8, 4) is 0 Å². The van der Waals surface area contributed by atoms with E-state index in [9.17, 15) is 9.90 Å². The molecule has 1 heterocycles. The van der Waals surface area contributed by atoms with E-state index in [-0.39, 0.29) is 23.3 Å². The van der Waals surface area contributed by atoms with E-state index < -0.39 is 6.10 Å². The van der Waals surface area contributed by atoms with Gasteiger partial charge in [-0.05, 0) is 74.3 Å². The Kier molecular flexibility index (Phi) is 9.61. The lowest BCUT2D eigenvalue weighted by Gasteiger charge is -2.39. The van der Waals surface area contributed by atoms with E-state index in [1.165, 1.54) is 6.42 Å². The smallest absolute Gasteiger partial charge is 0.239 e. The Labute approximate surface area is 186 Å². The lowest BCUT2D eigenvalue weighted by atomic mass is 9.78. The quantitative estimate of drug-likeness (QED) is 0.664. The molecule has 0 aromatic rings. The molecule has 3 atom stereocenters. The number of halogens is 1. The highest BCUT2D eigenvalue weighted by Crippen LogP contribution is 2.36. The van der Waals surface area contributed by atoms with Gasteiger partial charge in [-0.3, -0.25) is 4.79 Å². The van der Waals surface area contributed by atoms with Gasteiger partial charge in [-0.25, -0.2) is 0 Å². The minimum absolute atomic E-state index is 0. The number of aliphatic hydroxyl groups is 1. The normalized spacial score (nSPS) is 26.5. The van der Waals surface area contributed by atoms with Gasteiger partial charge < -0.3 is 20.8 Å². The number of allylic oxidation sites excluding steroid dienone is 2. The summed E-state index contributed by atoms with van der Waals surface area (Å²) in [6.07, 6.45) is 12.1. The largest absolute Gasteiger partial charge is 0.412 e. The molecule has 4 N–H and O–H groups in total. The van der Waals surface area contributed by atoms with Crippen LogP contribution in [0, 0.1) is 17.8 Å². The van der Waals surface area contributed by atoms with Crippen molar-refractivity contribution in [3.05, 3.63) is 34.4 Å². The lowest BCUT2D eigenvalue weighted by molar-refractivity contribution is -0.136. The number of nitrogens with one attached hydrogen (secondary N) is 1. The molecule has 0 bridgehead atoms. The third-order valence-electron chi connectivity index (χ3n) is 7.04.